The molecule has 2 atom stereocenters. The van der Waals surface area contributed by atoms with Crippen molar-refractivity contribution in [2.24, 2.45) is 0 Å². The van der Waals surface area contributed by atoms with Crippen LogP contribution >= 0.6 is 0 Å². The molecule has 33 heavy (non-hydrogen) atoms. The van der Waals surface area contributed by atoms with Gasteiger partial charge < -0.3 is 0 Å². The van der Waals surface area contributed by atoms with E-state index in [4.69, 9.17) is 0 Å². The van der Waals surface area contributed by atoms with E-state index < -0.39 is 22.3 Å². The maximum atomic E-state index is 13.5. The van der Waals surface area contributed by atoms with Crippen molar-refractivity contribution < 1.29 is 8.42 Å². The Bertz CT molecular complexity index is 1210. The Labute approximate surface area is 196 Å². The maximum Gasteiger partial charge on any atom is 0.278 e. The van der Waals surface area contributed by atoms with Gasteiger partial charge in [-0.2, -0.15) is 17.9 Å². The second-order valence-corrected chi connectivity index (χ2v) is 9.62. The van der Waals surface area contributed by atoms with Gasteiger partial charge in [0.15, 0.2) is 0 Å². The zero-order chi connectivity index (χ0) is 23.3. The van der Waals surface area contributed by atoms with Crippen molar-refractivity contribution >= 4 is 10.2 Å². The Morgan fingerprint density at radius 2 is 0.848 bits per heavy atom. The first kappa shape index (κ1) is 22.9. The minimum Gasteiger partial charge on any atom is -0.195 e. The molecule has 4 aromatic rings. The summed E-state index contributed by atoms with van der Waals surface area (Å²) in [5, 5.41) is 0. The van der Waals surface area contributed by atoms with Crippen LogP contribution in [0.1, 0.15) is 45.5 Å². The molecule has 0 heterocycles. The molecule has 2 N–H and O–H groups in total. The number of nitrogens with one attached hydrogen (secondary N) is 2. The summed E-state index contributed by atoms with van der Waals surface area (Å²) in [7, 11) is -3.91. The van der Waals surface area contributed by atoms with E-state index in [0.29, 0.717) is 0 Å². The molecule has 0 saturated carbocycles. The van der Waals surface area contributed by atoms with Gasteiger partial charge in [0, 0.05) is 0 Å². The van der Waals surface area contributed by atoms with Gasteiger partial charge in [0.2, 0.25) is 0 Å². The molecule has 0 saturated heterocycles. The summed E-state index contributed by atoms with van der Waals surface area (Å²) in [5.41, 5.74) is 5.64. The average Bonchev–Trinajstić information content (AvgIpc) is 2.83. The van der Waals surface area contributed by atoms with Gasteiger partial charge >= 0.3 is 0 Å². The molecule has 0 amide bonds. The summed E-state index contributed by atoms with van der Waals surface area (Å²) in [6, 6.07) is 33.9. The molecule has 4 nitrogen and oxygen atoms in total. The molecule has 0 unspecified atom stereocenters. The molecule has 5 heteroatoms. The fraction of sp³-hybridized carbons (Fsp3) is 0.143. The molecule has 4 rings (SSSR count). The molecule has 168 valence electrons. The topological polar surface area (TPSA) is 58.2 Å². The fourth-order valence-electron chi connectivity index (χ4n) is 4.08. The summed E-state index contributed by atoms with van der Waals surface area (Å²) >= 11 is 0. The second-order valence-electron chi connectivity index (χ2n) is 8.14. The van der Waals surface area contributed by atoms with E-state index >= 15 is 0 Å². The molecule has 0 aromatic heterocycles. The van der Waals surface area contributed by atoms with Crippen molar-refractivity contribution in [1.29, 1.82) is 0 Å². The average molecular weight is 457 g/mol. The number of benzene rings is 4. The van der Waals surface area contributed by atoms with Gasteiger partial charge in [0.25, 0.3) is 10.2 Å². The van der Waals surface area contributed by atoms with Crippen LogP contribution < -0.4 is 9.44 Å². The van der Waals surface area contributed by atoms with Crippen molar-refractivity contribution in [3.8, 4) is 0 Å². The summed E-state index contributed by atoms with van der Waals surface area (Å²) in [6.07, 6.45) is 0. The van der Waals surface area contributed by atoms with Crippen molar-refractivity contribution in [3.63, 3.8) is 0 Å². The molecule has 4 aromatic carbocycles. The van der Waals surface area contributed by atoms with Crippen molar-refractivity contribution in [2.45, 2.75) is 25.9 Å². The summed E-state index contributed by atoms with van der Waals surface area (Å²) in [4.78, 5) is 0. The first-order valence-corrected chi connectivity index (χ1v) is 12.4. The molecule has 0 radical (unpaired) electrons. The van der Waals surface area contributed by atoms with Crippen LogP contribution in [0.25, 0.3) is 0 Å². The van der Waals surface area contributed by atoms with Gasteiger partial charge in [0.1, 0.15) is 0 Å². The molecule has 0 aliphatic heterocycles. The summed E-state index contributed by atoms with van der Waals surface area (Å²) in [6.45, 7) is 3.99. The largest absolute Gasteiger partial charge is 0.278 e. The van der Waals surface area contributed by atoms with E-state index in [1.54, 1.807) is 0 Å². The van der Waals surface area contributed by atoms with Gasteiger partial charge in [-0.25, -0.2) is 0 Å². The van der Waals surface area contributed by atoms with Crippen molar-refractivity contribution in [2.75, 3.05) is 0 Å². The number of hydrogen-bond donors (Lipinski definition) is 2. The van der Waals surface area contributed by atoms with Crippen LogP contribution in [0.4, 0.5) is 0 Å². The van der Waals surface area contributed by atoms with Crippen LogP contribution in [0.3, 0.4) is 0 Å². The van der Waals surface area contributed by atoms with Crippen LogP contribution in [-0.2, 0) is 10.2 Å². The maximum absolute atomic E-state index is 13.5. The highest BCUT2D eigenvalue weighted by Crippen LogP contribution is 2.28. The highest BCUT2D eigenvalue weighted by Gasteiger charge is 2.27. The van der Waals surface area contributed by atoms with Gasteiger partial charge in [-0.1, -0.05) is 109 Å². The lowest BCUT2D eigenvalue weighted by atomic mass is 9.96. The number of hydrogen-bond acceptors (Lipinski definition) is 2. The van der Waals surface area contributed by atoms with Gasteiger partial charge in [-0.15, -0.1) is 0 Å². The minimum absolute atomic E-state index is 0.516. The van der Waals surface area contributed by atoms with Crippen LogP contribution in [-0.4, -0.2) is 8.42 Å². The van der Waals surface area contributed by atoms with E-state index in [1.807, 2.05) is 123 Å². The Hall–Kier alpha value is -3.25. The monoisotopic (exact) mass is 456 g/mol. The first-order chi connectivity index (χ1) is 15.9. The van der Waals surface area contributed by atoms with Crippen molar-refractivity contribution in [3.05, 3.63) is 143 Å². The van der Waals surface area contributed by atoms with E-state index in [-0.39, 0.29) is 0 Å². The van der Waals surface area contributed by atoms with Gasteiger partial charge in [-0.05, 0) is 47.2 Å². The Balaban J connectivity index is 1.72. The normalized spacial score (nSPS) is 13.4. The number of aryl methyl sites for hydroxylation is 2. The predicted molar refractivity (Wildman–Crippen MR) is 134 cm³/mol. The van der Waals surface area contributed by atoms with Gasteiger partial charge in [0.05, 0.1) is 12.1 Å². The molecular formula is C28H28N2O2S. The van der Waals surface area contributed by atoms with Crippen LogP contribution in [0.5, 0.6) is 0 Å². The SMILES string of the molecule is Cc1ccccc1[C@@H](NS(=O)(=O)N[C@@H](c1ccccc1)c1ccccc1C)c1ccccc1. The third kappa shape index (κ3) is 5.57. The molecule has 0 aliphatic rings. The molecule has 0 bridgehead atoms. The van der Waals surface area contributed by atoms with E-state index in [9.17, 15) is 8.42 Å². The van der Waals surface area contributed by atoms with Crippen LogP contribution in [0.15, 0.2) is 109 Å². The molecule has 0 spiro atoms. The molecule has 0 fully saturated rings. The lowest BCUT2D eigenvalue weighted by Crippen LogP contribution is -2.41. The summed E-state index contributed by atoms with van der Waals surface area (Å²) in [5.74, 6) is 0. The Morgan fingerprint density at radius 3 is 1.21 bits per heavy atom. The standard InChI is InChI=1S/C28H28N2O2S/c1-21-13-9-11-19-25(21)27(23-15-5-3-6-16-23)29-33(31,32)30-28(24-17-7-4-8-18-24)26-20-12-10-14-22(26)2/h3-20,27-30H,1-2H3/t27-,28-/m0/s1. The third-order valence-corrected chi connectivity index (χ3v) is 6.90. The molecular weight excluding hydrogens is 428 g/mol. The Morgan fingerprint density at radius 1 is 0.515 bits per heavy atom. The quantitative estimate of drug-likeness (QED) is 0.362. The van der Waals surface area contributed by atoms with Gasteiger partial charge in [-0.3, -0.25) is 0 Å². The zero-order valence-corrected chi connectivity index (χ0v) is 19.6. The third-order valence-electron chi connectivity index (χ3n) is 5.81. The highest BCUT2D eigenvalue weighted by molar-refractivity contribution is 7.87. The van der Waals surface area contributed by atoms with E-state index in [1.165, 1.54) is 0 Å². The first-order valence-electron chi connectivity index (χ1n) is 10.9. The zero-order valence-electron chi connectivity index (χ0n) is 18.8. The lowest BCUT2D eigenvalue weighted by Gasteiger charge is -2.25. The minimum atomic E-state index is -3.91. The highest BCUT2D eigenvalue weighted by atomic mass is 32.2. The van der Waals surface area contributed by atoms with Crippen LogP contribution in [0, 0.1) is 13.8 Å². The predicted octanol–water partition coefficient (Wildman–Crippen LogP) is 5.61. The fourth-order valence-corrected chi connectivity index (χ4v) is 5.29. The number of rotatable bonds is 8. The molecule has 0 aliphatic carbocycles. The lowest BCUT2D eigenvalue weighted by molar-refractivity contribution is 0.547. The Kier molecular flexibility index (Phi) is 7.04. The van der Waals surface area contributed by atoms with E-state index in [0.717, 1.165) is 33.4 Å². The second kappa shape index (κ2) is 10.1. The van der Waals surface area contributed by atoms with Crippen molar-refractivity contribution in [1.82, 2.24) is 9.44 Å². The smallest absolute Gasteiger partial charge is 0.195 e. The van der Waals surface area contributed by atoms with Crippen LogP contribution in [0.2, 0.25) is 0 Å². The summed E-state index contributed by atoms with van der Waals surface area (Å²) < 4.78 is 32.9. The van der Waals surface area contributed by atoms with E-state index in [2.05, 4.69) is 9.44 Å².